The molecule has 4 N–H and O–H groups in total. The first kappa shape index (κ1) is 8.69. The van der Waals surface area contributed by atoms with Crippen molar-refractivity contribution in [3.8, 4) is 0 Å². The minimum absolute atomic E-state index is 0.0473. The van der Waals surface area contributed by atoms with E-state index in [1.54, 1.807) is 0 Å². The van der Waals surface area contributed by atoms with Crippen LogP contribution in [0.1, 0.15) is 11.7 Å². The van der Waals surface area contributed by atoms with E-state index >= 15 is 0 Å². The highest BCUT2D eigenvalue weighted by molar-refractivity contribution is 5.31. The molecule has 0 saturated heterocycles. The largest absolute Gasteiger partial charge is 0.394 e. The van der Waals surface area contributed by atoms with E-state index in [1.165, 1.54) is 12.3 Å². The van der Waals surface area contributed by atoms with Crippen molar-refractivity contribution >= 4 is 5.69 Å². The topological polar surface area (TPSA) is 105 Å². The third-order valence-corrected chi connectivity index (χ3v) is 1.50. The van der Waals surface area contributed by atoms with Gasteiger partial charge in [-0.3, -0.25) is 10.1 Å². The molecule has 1 rings (SSSR count). The molecule has 1 unspecified atom stereocenters. The van der Waals surface area contributed by atoms with E-state index in [-0.39, 0.29) is 12.3 Å². The monoisotopic (exact) mass is 171 g/mol. The summed E-state index contributed by atoms with van der Waals surface area (Å²) in [6.45, 7) is -0.238. The average molecular weight is 171 g/mol. The molecule has 1 aromatic rings. The van der Waals surface area contributed by atoms with E-state index < -0.39 is 11.0 Å². The second kappa shape index (κ2) is 3.33. The van der Waals surface area contributed by atoms with Crippen molar-refractivity contribution in [1.29, 1.82) is 0 Å². The van der Waals surface area contributed by atoms with Crippen molar-refractivity contribution in [2.45, 2.75) is 6.04 Å². The minimum atomic E-state index is -0.585. The first-order chi connectivity index (χ1) is 5.65. The van der Waals surface area contributed by atoms with Gasteiger partial charge in [0.1, 0.15) is 0 Å². The number of aliphatic hydroxyl groups excluding tert-OH is 1. The van der Waals surface area contributed by atoms with Gasteiger partial charge in [-0.05, 0) is 0 Å². The zero-order valence-electron chi connectivity index (χ0n) is 6.23. The van der Waals surface area contributed by atoms with Gasteiger partial charge in [0, 0.05) is 11.8 Å². The minimum Gasteiger partial charge on any atom is -0.394 e. The third-order valence-electron chi connectivity index (χ3n) is 1.50. The number of aliphatic hydroxyl groups is 1. The standard InChI is InChI=1S/C6H9N3O3/c7-5(3-10)6-1-4(2-8-6)9(11)12/h1-2,5,8,10H,3,7H2. The maximum atomic E-state index is 10.2. The molecule has 6 nitrogen and oxygen atoms in total. The highest BCUT2D eigenvalue weighted by Crippen LogP contribution is 2.15. The molecule has 66 valence electrons. The van der Waals surface area contributed by atoms with Crippen LogP contribution in [-0.4, -0.2) is 21.6 Å². The van der Waals surface area contributed by atoms with Crippen LogP contribution in [0.4, 0.5) is 5.69 Å². The number of hydrogen-bond acceptors (Lipinski definition) is 4. The smallest absolute Gasteiger partial charge is 0.287 e. The van der Waals surface area contributed by atoms with Crippen LogP contribution in [0.5, 0.6) is 0 Å². The van der Waals surface area contributed by atoms with Gasteiger partial charge in [-0.25, -0.2) is 0 Å². The van der Waals surface area contributed by atoms with Gasteiger partial charge in [0.05, 0.1) is 23.8 Å². The van der Waals surface area contributed by atoms with Crippen LogP contribution in [0.25, 0.3) is 0 Å². The fourth-order valence-electron chi connectivity index (χ4n) is 0.818. The number of aromatic amines is 1. The van der Waals surface area contributed by atoms with E-state index in [1.807, 2.05) is 0 Å². The molecule has 0 aromatic carbocycles. The van der Waals surface area contributed by atoms with E-state index in [9.17, 15) is 10.1 Å². The maximum absolute atomic E-state index is 10.2. The van der Waals surface area contributed by atoms with Gasteiger partial charge in [0.2, 0.25) is 0 Å². The Morgan fingerprint density at radius 2 is 2.50 bits per heavy atom. The number of aromatic nitrogens is 1. The van der Waals surface area contributed by atoms with Crippen molar-refractivity contribution < 1.29 is 10.0 Å². The van der Waals surface area contributed by atoms with Gasteiger partial charge in [-0.1, -0.05) is 0 Å². The summed E-state index contributed by atoms with van der Waals surface area (Å²) in [5.74, 6) is 0. The molecule has 12 heavy (non-hydrogen) atoms. The quantitative estimate of drug-likeness (QED) is 0.436. The fourth-order valence-corrected chi connectivity index (χ4v) is 0.818. The highest BCUT2D eigenvalue weighted by Gasteiger charge is 2.12. The fraction of sp³-hybridized carbons (Fsp3) is 0.333. The van der Waals surface area contributed by atoms with Gasteiger partial charge in [0.25, 0.3) is 5.69 Å². The summed E-state index contributed by atoms with van der Waals surface area (Å²) in [4.78, 5) is 12.3. The van der Waals surface area contributed by atoms with Gasteiger partial charge in [-0.15, -0.1) is 0 Å². The Hall–Kier alpha value is -1.40. The number of nitrogens with two attached hydrogens (primary N) is 1. The van der Waals surface area contributed by atoms with E-state index in [0.717, 1.165) is 0 Å². The van der Waals surface area contributed by atoms with Crippen molar-refractivity contribution in [2.24, 2.45) is 5.73 Å². The van der Waals surface area contributed by atoms with Crippen molar-refractivity contribution in [3.63, 3.8) is 0 Å². The lowest BCUT2D eigenvalue weighted by atomic mass is 10.2. The molecule has 6 heteroatoms. The first-order valence-electron chi connectivity index (χ1n) is 3.34. The Balaban J connectivity index is 2.84. The lowest BCUT2D eigenvalue weighted by Gasteiger charge is -2.02. The molecule has 0 aliphatic heterocycles. The van der Waals surface area contributed by atoms with Crippen LogP contribution in [0.15, 0.2) is 12.3 Å². The third kappa shape index (κ3) is 1.60. The summed E-state index contributed by atoms with van der Waals surface area (Å²) in [5, 5.41) is 18.8. The van der Waals surface area contributed by atoms with Crippen LogP contribution in [0, 0.1) is 10.1 Å². The summed E-state index contributed by atoms with van der Waals surface area (Å²) in [7, 11) is 0. The lowest BCUT2D eigenvalue weighted by molar-refractivity contribution is -0.384. The van der Waals surface area contributed by atoms with Crippen LogP contribution >= 0.6 is 0 Å². The van der Waals surface area contributed by atoms with Crippen LogP contribution < -0.4 is 5.73 Å². The molecule has 0 fully saturated rings. The molecule has 0 spiro atoms. The van der Waals surface area contributed by atoms with Crippen molar-refractivity contribution in [3.05, 3.63) is 28.1 Å². The molecule has 0 radical (unpaired) electrons. The van der Waals surface area contributed by atoms with Crippen molar-refractivity contribution in [2.75, 3.05) is 6.61 Å². The zero-order valence-corrected chi connectivity index (χ0v) is 6.23. The normalized spacial score (nSPS) is 12.8. The molecule has 1 aromatic heterocycles. The average Bonchev–Trinajstić information content (AvgIpc) is 2.51. The summed E-state index contributed by atoms with van der Waals surface area (Å²) < 4.78 is 0. The SMILES string of the molecule is NC(CO)c1cc([N+](=O)[O-])c[nH]1. The summed E-state index contributed by atoms with van der Waals surface area (Å²) in [6, 6.07) is 0.722. The van der Waals surface area contributed by atoms with Crippen LogP contribution in [0.2, 0.25) is 0 Å². The predicted molar refractivity (Wildman–Crippen MR) is 41.5 cm³/mol. The lowest BCUT2D eigenvalue weighted by Crippen LogP contribution is -2.14. The van der Waals surface area contributed by atoms with Gasteiger partial charge >= 0.3 is 0 Å². The van der Waals surface area contributed by atoms with Crippen LogP contribution in [-0.2, 0) is 0 Å². The summed E-state index contributed by atoms with van der Waals surface area (Å²) in [5.41, 5.74) is 5.82. The van der Waals surface area contributed by atoms with Crippen molar-refractivity contribution in [1.82, 2.24) is 4.98 Å². The highest BCUT2D eigenvalue weighted by atomic mass is 16.6. The van der Waals surface area contributed by atoms with Gasteiger partial charge in [-0.2, -0.15) is 0 Å². The van der Waals surface area contributed by atoms with Gasteiger partial charge in [0.15, 0.2) is 0 Å². The number of nitrogens with zero attached hydrogens (tertiary/aromatic N) is 1. The number of hydrogen-bond donors (Lipinski definition) is 3. The van der Waals surface area contributed by atoms with Gasteiger partial charge < -0.3 is 15.8 Å². The molecule has 0 amide bonds. The Kier molecular flexibility index (Phi) is 2.41. The van der Waals surface area contributed by atoms with Crippen LogP contribution in [0.3, 0.4) is 0 Å². The van der Waals surface area contributed by atoms with E-state index in [2.05, 4.69) is 4.98 Å². The molecular formula is C6H9N3O3. The molecule has 0 aliphatic carbocycles. The number of H-pyrrole nitrogens is 1. The molecule has 0 aliphatic rings. The number of rotatable bonds is 3. The number of nitro groups is 1. The Morgan fingerprint density at radius 1 is 1.83 bits per heavy atom. The molecule has 0 saturated carbocycles. The molecular weight excluding hydrogens is 162 g/mol. The molecule has 0 bridgehead atoms. The maximum Gasteiger partial charge on any atom is 0.287 e. The first-order valence-corrected chi connectivity index (χ1v) is 3.34. The van der Waals surface area contributed by atoms with E-state index in [0.29, 0.717) is 5.69 Å². The molecule has 1 atom stereocenters. The second-order valence-corrected chi connectivity index (χ2v) is 2.36. The second-order valence-electron chi connectivity index (χ2n) is 2.36. The molecule has 1 heterocycles. The Bertz CT molecular complexity index is 283. The Labute approximate surface area is 68.2 Å². The summed E-state index contributed by atoms with van der Waals surface area (Å²) >= 11 is 0. The predicted octanol–water partition coefficient (Wildman–Crippen LogP) is -0.0850. The van der Waals surface area contributed by atoms with E-state index in [4.69, 9.17) is 10.8 Å². The number of nitrogens with one attached hydrogen (secondary N) is 1. The Morgan fingerprint density at radius 3 is 2.92 bits per heavy atom. The summed E-state index contributed by atoms with van der Waals surface area (Å²) in [6.07, 6.45) is 1.24. The zero-order chi connectivity index (χ0) is 9.14.